The standard InChI is InChI=1S/C11H12ClN3O3S/c1-6-7(2)14-18-11(6)15-19(16,17)8-3-4-10(13)9(12)5-8/h3-5,15H,13H2,1-2H3. The first kappa shape index (κ1) is 13.7. The van der Waals surface area contributed by atoms with E-state index in [0.29, 0.717) is 16.9 Å². The summed E-state index contributed by atoms with van der Waals surface area (Å²) >= 11 is 5.81. The lowest BCUT2D eigenvalue weighted by Crippen LogP contribution is -2.13. The number of benzene rings is 1. The Balaban J connectivity index is 2.37. The number of rotatable bonds is 3. The number of nitrogens with one attached hydrogen (secondary N) is 1. The van der Waals surface area contributed by atoms with E-state index in [0.717, 1.165) is 0 Å². The average Bonchev–Trinajstić information content (AvgIpc) is 2.64. The van der Waals surface area contributed by atoms with E-state index in [-0.39, 0.29) is 15.8 Å². The molecule has 0 saturated carbocycles. The molecule has 0 aliphatic heterocycles. The van der Waals surface area contributed by atoms with Crippen molar-refractivity contribution >= 4 is 33.2 Å². The summed E-state index contributed by atoms with van der Waals surface area (Å²) in [5.41, 5.74) is 7.10. The maximum Gasteiger partial charge on any atom is 0.264 e. The highest BCUT2D eigenvalue weighted by Gasteiger charge is 2.19. The highest BCUT2D eigenvalue weighted by molar-refractivity contribution is 7.92. The van der Waals surface area contributed by atoms with Gasteiger partial charge < -0.3 is 10.3 Å². The molecule has 0 amide bonds. The number of nitrogens with two attached hydrogens (primary N) is 1. The smallest absolute Gasteiger partial charge is 0.264 e. The van der Waals surface area contributed by atoms with Gasteiger partial charge in [-0.3, -0.25) is 0 Å². The van der Waals surface area contributed by atoms with Crippen LogP contribution in [0.5, 0.6) is 0 Å². The molecule has 19 heavy (non-hydrogen) atoms. The number of hydrogen-bond acceptors (Lipinski definition) is 5. The quantitative estimate of drug-likeness (QED) is 0.848. The van der Waals surface area contributed by atoms with Gasteiger partial charge in [-0.15, -0.1) is 0 Å². The van der Waals surface area contributed by atoms with Crippen LogP contribution >= 0.6 is 11.6 Å². The van der Waals surface area contributed by atoms with Crippen molar-refractivity contribution in [1.29, 1.82) is 0 Å². The van der Waals surface area contributed by atoms with Crippen molar-refractivity contribution in [2.75, 3.05) is 10.5 Å². The summed E-state index contributed by atoms with van der Waals surface area (Å²) in [7, 11) is -3.79. The number of aromatic nitrogens is 1. The Kier molecular flexibility index (Phi) is 3.42. The molecule has 0 spiro atoms. The largest absolute Gasteiger partial charge is 0.398 e. The Morgan fingerprint density at radius 3 is 2.58 bits per heavy atom. The molecule has 1 heterocycles. The predicted molar refractivity (Wildman–Crippen MR) is 72.6 cm³/mol. The van der Waals surface area contributed by atoms with E-state index in [1.165, 1.54) is 18.2 Å². The van der Waals surface area contributed by atoms with Crippen LogP contribution in [0, 0.1) is 13.8 Å². The second-order valence-corrected chi connectivity index (χ2v) is 6.10. The molecule has 0 bridgehead atoms. The Morgan fingerprint density at radius 2 is 2.05 bits per heavy atom. The van der Waals surface area contributed by atoms with E-state index in [9.17, 15) is 8.42 Å². The van der Waals surface area contributed by atoms with Crippen LogP contribution in [0.15, 0.2) is 27.6 Å². The van der Waals surface area contributed by atoms with E-state index in [4.69, 9.17) is 21.9 Å². The number of sulfonamides is 1. The molecule has 2 aromatic rings. The number of nitrogens with zero attached hydrogens (tertiary/aromatic N) is 1. The summed E-state index contributed by atoms with van der Waals surface area (Å²) in [5, 5.41) is 3.85. The van der Waals surface area contributed by atoms with E-state index in [1.54, 1.807) is 13.8 Å². The highest BCUT2D eigenvalue weighted by atomic mass is 35.5. The Bertz CT molecular complexity index is 725. The SMILES string of the molecule is Cc1noc(NS(=O)(=O)c2ccc(N)c(Cl)c2)c1C. The van der Waals surface area contributed by atoms with Crippen molar-refractivity contribution in [2.24, 2.45) is 0 Å². The minimum atomic E-state index is -3.79. The summed E-state index contributed by atoms with van der Waals surface area (Å²) in [5.74, 6) is 0.0884. The van der Waals surface area contributed by atoms with Gasteiger partial charge >= 0.3 is 0 Å². The van der Waals surface area contributed by atoms with Crippen LogP contribution in [0.2, 0.25) is 5.02 Å². The van der Waals surface area contributed by atoms with Gasteiger partial charge in [-0.25, -0.2) is 13.1 Å². The van der Waals surface area contributed by atoms with Gasteiger partial charge in [0.1, 0.15) is 0 Å². The van der Waals surface area contributed by atoms with Crippen LogP contribution in [0.25, 0.3) is 0 Å². The maximum absolute atomic E-state index is 12.1. The predicted octanol–water partition coefficient (Wildman–Crippen LogP) is 2.33. The van der Waals surface area contributed by atoms with Crippen LogP contribution in [-0.4, -0.2) is 13.6 Å². The van der Waals surface area contributed by atoms with Gasteiger partial charge in [-0.2, -0.15) is 0 Å². The third kappa shape index (κ3) is 2.66. The Labute approximate surface area is 115 Å². The first-order valence-corrected chi connectivity index (χ1v) is 7.18. The van der Waals surface area contributed by atoms with Crippen LogP contribution in [-0.2, 0) is 10.0 Å². The average molecular weight is 302 g/mol. The maximum atomic E-state index is 12.1. The second-order valence-electron chi connectivity index (χ2n) is 4.01. The monoisotopic (exact) mass is 301 g/mol. The van der Waals surface area contributed by atoms with Crippen LogP contribution in [0.1, 0.15) is 11.3 Å². The molecule has 2 rings (SSSR count). The molecule has 0 atom stereocenters. The van der Waals surface area contributed by atoms with Crippen molar-refractivity contribution < 1.29 is 12.9 Å². The summed E-state index contributed by atoms with van der Waals surface area (Å²) in [6.45, 7) is 3.43. The molecule has 0 saturated heterocycles. The number of hydrogen-bond donors (Lipinski definition) is 2. The van der Waals surface area contributed by atoms with E-state index in [2.05, 4.69) is 9.88 Å². The van der Waals surface area contributed by atoms with Gasteiger partial charge in [0.2, 0.25) is 5.88 Å². The van der Waals surface area contributed by atoms with Crippen molar-refractivity contribution in [3.63, 3.8) is 0 Å². The molecule has 0 aliphatic carbocycles. The van der Waals surface area contributed by atoms with Gasteiger partial charge in [0.05, 0.1) is 21.3 Å². The summed E-state index contributed by atoms with van der Waals surface area (Å²) in [4.78, 5) is 0.000142. The fourth-order valence-corrected chi connectivity index (χ4v) is 2.68. The zero-order valence-electron chi connectivity index (χ0n) is 10.3. The molecule has 1 aromatic heterocycles. The summed E-state index contributed by atoms with van der Waals surface area (Å²) in [6, 6.07) is 4.06. The molecule has 0 unspecified atom stereocenters. The molecule has 8 heteroatoms. The molecule has 1 aromatic carbocycles. The van der Waals surface area contributed by atoms with E-state index in [1.807, 2.05) is 0 Å². The number of halogens is 1. The third-order valence-corrected chi connectivity index (χ3v) is 4.32. The van der Waals surface area contributed by atoms with Gasteiger partial charge in [-0.1, -0.05) is 16.8 Å². The zero-order valence-corrected chi connectivity index (χ0v) is 11.8. The fourth-order valence-electron chi connectivity index (χ4n) is 1.37. The molecule has 0 radical (unpaired) electrons. The summed E-state index contributed by atoms with van der Waals surface area (Å²) < 4.78 is 31.5. The van der Waals surface area contributed by atoms with Crippen molar-refractivity contribution in [3.8, 4) is 0 Å². The number of anilines is 2. The Morgan fingerprint density at radius 1 is 1.37 bits per heavy atom. The van der Waals surface area contributed by atoms with Crippen molar-refractivity contribution in [3.05, 3.63) is 34.5 Å². The van der Waals surface area contributed by atoms with E-state index >= 15 is 0 Å². The molecular weight excluding hydrogens is 290 g/mol. The van der Waals surface area contributed by atoms with Crippen LogP contribution in [0.4, 0.5) is 11.6 Å². The minimum absolute atomic E-state index is 0.000142. The van der Waals surface area contributed by atoms with E-state index < -0.39 is 10.0 Å². The number of aryl methyl sites for hydroxylation is 1. The van der Waals surface area contributed by atoms with Gasteiger partial charge in [0.25, 0.3) is 10.0 Å². The lowest BCUT2D eigenvalue weighted by Gasteiger charge is -2.07. The molecular formula is C11H12ClN3O3S. The minimum Gasteiger partial charge on any atom is -0.398 e. The first-order valence-electron chi connectivity index (χ1n) is 5.32. The molecule has 3 N–H and O–H groups in total. The number of nitrogen functional groups attached to an aromatic ring is 1. The third-order valence-electron chi connectivity index (χ3n) is 2.67. The topological polar surface area (TPSA) is 98.2 Å². The normalized spacial score (nSPS) is 11.5. The molecule has 0 aliphatic rings. The highest BCUT2D eigenvalue weighted by Crippen LogP contribution is 2.25. The first-order chi connectivity index (χ1) is 8.81. The summed E-state index contributed by atoms with van der Waals surface area (Å²) in [6.07, 6.45) is 0. The fraction of sp³-hybridized carbons (Fsp3) is 0.182. The molecule has 6 nitrogen and oxygen atoms in total. The lowest BCUT2D eigenvalue weighted by atomic mass is 10.3. The molecule has 0 fully saturated rings. The zero-order chi connectivity index (χ0) is 14.2. The van der Waals surface area contributed by atoms with Gasteiger partial charge in [0, 0.05) is 5.56 Å². The van der Waals surface area contributed by atoms with Gasteiger partial charge in [-0.05, 0) is 32.0 Å². The second kappa shape index (κ2) is 4.75. The van der Waals surface area contributed by atoms with Crippen molar-refractivity contribution in [2.45, 2.75) is 18.7 Å². The lowest BCUT2D eigenvalue weighted by molar-refractivity contribution is 0.430. The molecule has 102 valence electrons. The van der Waals surface area contributed by atoms with Gasteiger partial charge in [0.15, 0.2) is 0 Å². The van der Waals surface area contributed by atoms with Crippen molar-refractivity contribution in [1.82, 2.24) is 5.16 Å². The van der Waals surface area contributed by atoms with Crippen LogP contribution in [0.3, 0.4) is 0 Å². The Hall–Kier alpha value is -1.73. The van der Waals surface area contributed by atoms with Crippen LogP contribution < -0.4 is 10.5 Å².